The third-order valence-electron chi connectivity index (χ3n) is 8.85. The molecule has 4 aliphatic rings. The number of ether oxygens (including phenoxy) is 2. The van der Waals surface area contributed by atoms with Gasteiger partial charge in [-0.25, -0.2) is 4.79 Å². The van der Waals surface area contributed by atoms with E-state index in [-0.39, 0.29) is 36.8 Å². The zero-order valence-corrected chi connectivity index (χ0v) is 21.9. The lowest BCUT2D eigenvalue weighted by Crippen LogP contribution is -2.60. The monoisotopic (exact) mass is 529 g/mol. The molecule has 1 aromatic carbocycles. The minimum absolute atomic E-state index is 0.00669. The van der Waals surface area contributed by atoms with Gasteiger partial charge >= 0.3 is 11.9 Å². The van der Waals surface area contributed by atoms with Crippen LogP contribution in [-0.4, -0.2) is 73.1 Å². The highest BCUT2D eigenvalue weighted by Gasteiger charge is 2.62. The van der Waals surface area contributed by atoms with Gasteiger partial charge in [0.1, 0.15) is 34.8 Å². The van der Waals surface area contributed by atoms with Crippen molar-refractivity contribution in [1.82, 2.24) is 4.90 Å². The summed E-state index contributed by atoms with van der Waals surface area (Å²) in [6, 6.07) is 0.344. The first kappa shape index (κ1) is 26.5. The van der Waals surface area contributed by atoms with E-state index in [1.807, 2.05) is 20.8 Å². The van der Waals surface area contributed by atoms with E-state index in [4.69, 9.17) is 14.6 Å². The van der Waals surface area contributed by atoms with Crippen LogP contribution < -0.4 is 9.47 Å². The van der Waals surface area contributed by atoms with Crippen LogP contribution in [0, 0.1) is 5.92 Å². The standard InChI is InChI=1S/C28H35NO9/c1-14(2)5-4-9-27(3)17-8-10-28(36,13-30)24-21(17)22-19(38-27)11-15-16(23(22)37-24)12-29(25(15)33)18(26(34)35)6-7-20(31)32/h5,11,17-18,21,24,30,36H,4,6-10,12-13H2,1-3H3,(H,31,32)(H,34,35). The van der Waals surface area contributed by atoms with Crippen LogP contribution in [0.25, 0.3) is 0 Å². The van der Waals surface area contributed by atoms with Crippen molar-refractivity contribution >= 4 is 17.8 Å². The Hall–Kier alpha value is -3.11. The third kappa shape index (κ3) is 4.05. The summed E-state index contributed by atoms with van der Waals surface area (Å²) >= 11 is 0. The molecule has 10 nitrogen and oxygen atoms in total. The Morgan fingerprint density at radius 2 is 2.03 bits per heavy atom. The summed E-state index contributed by atoms with van der Waals surface area (Å²) in [5.74, 6) is -2.30. The second-order valence-corrected chi connectivity index (χ2v) is 11.6. The first-order valence-electron chi connectivity index (χ1n) is 13.2. The molecule has 1 saturated carbocycles. The second-order valence-electron chi connectivity index (χ2n) is 11.6. The number of carboxylic acids is 2. The maximum atomic E-state index is 13.5. The molecule has 0 saturated heterocycles. The van der Waals surface area contributed by atoms with Crippen LogP contribution in [0.3, 0.4) is 0 Å². The maximum absolute atomic E-state index is 13.5. The van der Waals surface area contributed by atoms with Gasteiger partial charge in [-0.1, -0.05) is 11.6 Å². The quantitative estimate of drug-likeness (QED) is 0.354. The Labute approximate surface area is 220 Å². The first-order chi connectivity index (χ1) is 17.9. The SMILES string of the molecule is CC(C)=CCCC1(C)Oc2cc3c(c4c2C2C(O4)C(O)(CO)CCC21)CN(C(CCC(=O)O)C(=O)O)C3=O. The Kier molecular flexibility index (Phi) is 6.46. The van der Waals surface area contributed by atoms with E-state index in [9.17, 15) is 29.7 Å². The van der Waals surface area contributed by atoms with Crippen LogP contribution in [0.15, 0.2) is 17.7 Å². The number of fused-ring (bicyclic) bond motifs is 2. The van der Waals surface area contributed by atoms with Crippen LogP contribution in [0.2, 0.25) is 0 Å². The molecule has 4 N–H and O–H groups in total. The molecule has 6 atom stereocenters. The molecular weight excluding hydrogens is 494 g/mol. The number of allylic oxidation sites excluding steroid dienone is 2. The molecule has 1 aromatic rings. The van der Waals surface area contributed by atoms with Crippen molar-refractivity contribution in [2.75, 3.05) is 6.61 Å². The van der Waals surface area contributed by atoms with Gasteiger partial charge in [0.25, 0.3) is 5.91 Å². The van der Waals surface area contributed by atoms with Gasteiger partial charge in [-0.05, 0) is 58.9 Å². The van der Waals surface area contributed by atoms with Crippen LogP contribution in [0.5, 0.6) is 11.5 Å². The Morgan fingerprint density at radius 1 is 1.29 bits per heavy atom. The third-order valence-corrected chi connectivity index (χ3v) is 8.85. The summed E-state index contributed by atoms with van der Waals surface area (Å²) in [6.45, 7) is 5.60. The molecule has 10 heteroatoms. The molecule has 0 radical (unpaired) electrons. The average Bonchev–Trinajstić information content (AvgIpc) is 3.39. The van der Waals surface area contributed by atoms with E-state index in [0.717, 1.165) is 12.0 Å². The summed E-state index contributed by atoms with van der Waals surface area (Å²) < 4.78 is 13.1. The lowest BCUT2D eigenvalue weighted by molar-refractivity contribution is -0.151. The number of carboxylic acid groups (broad SMARTS) is 2. The summed E-state index contributed by atoms with van der Waals surface area (Å²) in [6.07, 6.45) is 3.28. The number of aliphatic hydroxyl groups is 2. The van der Waals surface area contributed by atoms with Gasteiger partial charge in [-0.3, -0.25) is 9.59 Å². The van der Waals surface area contributed by atoms with Gasteiger partial charge in [0, 0.05) is 29.4 Å². The van der Waals surface area contributed by atoms with Crippen molar-refractivity contribution in [2.45, 2.75) is 95.1 Å². The van der Waals surface area contributed by atoms with Crippen molar-refractivity contribution in [2.24, 2.45) is 5.92 Å². The molecule has 3 heterocycles. The number of carbonyl (C=O) groups excluding carboxylic acids is 1. The zero-order chi connectivity index (χ0) is 27.6. The molecule has 0 aromatic heterocycles. The summed E-state index contributed by atoms with van der Waals surface area (Å²) in [4.78, 5) is 37.8. The smallest absolute Gasteiger partial charge is 0.326 e. The molecule has 0 spiro atoms. The fourth-order valence-corrected chi connectivity index (χ4v) is 6.90. The number of hydrogen-bond donors (Lipinski definition) is 4. The molecule has 3 aliphatic heterocycles. The molecule has 1 aliphatic carbocycles. The minimum Gasteiger partial charge on any atom is -0.487 e. The van der Waals surface area contributed by atoms with E-state index >= 15 is 0 Å². The highest BCUT2D eigenvalue weighted by Crippen LogP contribution is 2.63. The number of benzene rings is 1. The van der Waals surface area contributed by atoms with E-state index in [1.54, 1.807) is 6.07 Å². The number of aliphatic carboxylic acids is 2. The molecule has 0 bridgehead atoms. The molecule has 1 amide bonds. The molecule has 5 rings (SSSR count). The lowest BCUT2D eigenvalue weighted by atomic mass is 9.60. The van der Waals surface area contributed by atoms with Crippen LogP contribution in [0.4, 0.5) is 0 Å². The zero-order valence-electron chi connectivity index (χ0n) is 21.9. The van der Waals surface area contributed by atoms with E-state index in [0.29, 0.717) is 36.3 Å². The number of aliphatic hydroxyl groups excluding tert-OH is 1. The van der Waals surface area contributed by atoms with Gasteiger partial charge in [-0.2, -0.15) is 0 Å². The van der Waals surface area contributed by atoms with Crippen molar-refractivity contribution in [3.63, 3.8) is 0 Å². The van der Waals surface area contributed by atoms with Crippen LogP contribution in [-0.2, 0) is 16.1 Å². The van der Waals surface area contributed by atoms with Crippen molar-refractivity contribution < 1.29 is 44.3 Å². The summed E-state index contributed by atoms with van der Waals surface area (Å²) in [5.41, 5.74) is 0.668. The highest BCUT2D eigenvalue weighted by atomic mass is 16.5. The minimum atomic E-state index is -1.46. The lowest BCUT2D eigenvalue weighted by Gasteiger charge is -2.52. The molecule has 38 heavy (non-hydrogen) atoms. The predicted octanol–water partition coefficient (Wildman–Crippen LogP) is 2.84. The molecule has 1 fully saturated rings. The summed E-state index contributed by atoms with van der Waals surface area (Å²) in [7, 11) is 0. The summed E-state index contributed by atoms with van der Waals surface area (Å²) in [5, 5.41) is 40.4. The van der Waals surface area contributed by atoms with Gasteiger partial charge in [0.05, 0.1) is 18.7 Å². The molecular formula is C28H35NO9. The van der Waals surface area contributed by atoms with E-state index in [1.165, 1.54) is 10.5 Å². The second kappa shape index (κ2) is 9.27. The maximum Gasteiger partial charge on any atom is 0.326 e. The number of hydrogen-bond acceptors (Lipinski definition) is 7. The Balaban J connectivity index is 1.58. The van der Waals surface area contributed by atoms with Gasteiger partial charge in [0.2, 0.25) is 0 Å². The van der Waals surface area contributed by atoms with Crippen LogP contribution >= 0.6 is 0 Å². The largest absolute Gasteiger partial charge is 0.487 e. The van der Waals surface area contributed by atoms with E-state index < -0.39 is 47.8 Å². The van der Waals surface area contributed by atoms with Crippen molar-refractivity contribution in [3.05, 3.63) is 34.4 Å². The highest BCUT2D eigenvalue weighted by molar-refractivity contribution is 6.02. The van der Waals surface area contributed by atoms with E-state index in [2.05, 4.69) is 6.08 Å². The Morgan fingerprint density at radius 3 is 2.66 bits per heavy atom. The van der Waals surface area contributed by atoms with Crippen molar-refractivity contribution in [3.8, 4) is 11.5 Å². The topological polar surface area (TPSA) is 154 Å². The average molecular weight is 530 g/mol. The predicted molar refractivity (Wildman–Crippen MR) is 134 cm³/mol. The number of amides is 1. The Bertz CT molecular complexity index is 1220. The normalized spacial score (nSPS) is 31.1. The fraction of sp³-hybridized carbons (Fsp3) is 0.607. The number of rotatable bonds is 9. The molecule has 206 valence electrons. The molecule has 6 unspecified atom stereocenters. The first-order valence-corrected chi connectivity index (χ1v) is 13.2. The van der Waals surface area contributed by atoms with Gasteiger partial charge < -0.3 is 34.8 Å². The number of carbonyl (C=O) groups is 3. The number of nitrogens with zero attached hydrogens (tertiary/aromatic N) is 1. The van der Waals surface area contributed by atoms with Gasteiger partial charge in [-0.15, -0.1) is 0 Å². The fourth-order valence-electron chi connectivity index (χ4n) is 6.90. The van der Waals surface area contributed by atoms with Crippen LogP contribution in [0.1, 0.15) is 86.7 Å². The van der Waals surface area contributed by atoms with Crippen molar-refractivity contribution in [1.29, 1.82) is 0 Å². The van der Waals surface area contributed by atoms with Gasteiger partial charge in [0.15, 0.2) is 0 Å².